The molecule has 1 aromatic carbocycles. The Bertz CT molecular complexity index is 436. The van der Waals surface area contributed by atoms with Crippen molar-refractivity contribution in [3.8, 4) is 5.75 Å². The third-order valence-electron chi connectivity index (χ3n) is 1.89. The summed E-state index contributed by atoms with van der Waals surface area (Å²) in [6.07, 6.45) is 0. The van der Waals surface area contributed by atoms with Crippen molar-refractivity contribution in [1.29, 1.82) is 0 Å². The van der Waals surface area contributed by atoms with Gasteiger partial charge in [0.25, 0.3) is 0 Å². The van der Waals surface area contributed by atoms with E-state index in [9.17, 15) is 0 Å². The first-order valence-corrected chi connectivity index (χ1v) is 4.81. The van der Waals surface area contributed by atoms with Crippen LogP contribution in [0.15, 0.2) is 36.4 Å². The maximum absolute atomic E-state index is 8.90. The van der Waals surface area contributed by atoms with Gasteiger partial charge in [-0.25, -0.2) is 4.98 Å². The molecule has 0 atom stereocenters. The molecule has 0 radical (unpaired) electrons. The van der Waals surface area contributed by atoms with Crippen LogP contribution in [-0.2, 0) is 0 Å². The van der Waals surface area contributed by atoms with Gasteiger partial charge >= 0.3 is 0 Å². The van der Waals surface area contributed by atoms with Gasteiger partial charge in [0.15, 0.2) is 11.6 Å². The van der Waals surface area contributed by atoms with Gasteiger partial charge in [0.1, 0.15) is 5.82 Å². The number of aromatic nitrogens is 1. The summed E-state index contributed by atoms with van der Waals surface area (Å²) in [5.74, 6) is -0.0197. The molecular formula is C11H15N5O. The van der Waals surface area contributed by atoms with Crippen LogP contribution in [0, 0.1) is 0 Å². The minimum absolute atomic E-state index is 0.00769. The van der Waals surface area contributed by atoms with Gasteiger partial charge in [0.2, 0.25) is 0 Å². The average Bonchev–Trinajstić information content (AvgIpc) is 2.28. The second-order valence-corrected chi connectivity index (χ2v) is 3.28. The molecule has 0 saturated heterocycles. The summed E-state index contributed by atoms with van der Waals surface area (Å²) in [7, 11) is 0. The average molecular weight is 233 g/mol. The third kappa shape index (κ3) is 3.78. The second kappa shape index (κ2) is 5.45. The zero-order chi connectivity index (χ0) is 12.8. The molecule has 17 heavy (non-hydrogen) atoms. The molecular weight excluding hydrogens is 218 g/mol. The van der Waals surface area contributed by atoms with Crippen LogP contribution in [0.2, 0.25) is 0 Å². The van der Waals surface area contributed by atoms with Gasteiger partial charge in [-0.15, -0.1) is 0 Å². The molecule has 2 aromatic rings. The lowest BCUT2D eigenvalue weighted by Crippen LogP contribution is -2.00. The van der Waals surface area contributed by atoms with E-state index in [0.29, 0.717) is 0 Å². The van der Waals surface area contributed by atoms with Gasteiger partial charge in [0.05, 0.1) is 5.69 Å². The molecule has 0 amide bonds. The summed E-state index contributed by atoms with van der Waals surface area (Å²) in [6, 6.07) is 10.7. The molecule has 90 valence electrons. The van der Waals surface area contributed by atoms with E-state index < -0.39 is 0 Å². The van der Waals surface area contributed by atoms with E-state index in [1.54, 1.807) is 0 Å². The van der Waals surface area contributed by atoms with E-state index in [4.69, 9.17) is 28.0 Å². The van der Waals surface area contributed by atoms with E-state index in [2.05, 4.69) is 4.98 Å². The highest BCUT2D eigenvalue weighted by Crippen LogP contribution is 2.23. The van der Waals surface area contributed by atoms with Gasteiger partial charge in [-0.1, -0.05) is 18.2 Å². The van der Waals surface area contributed by atoms with Crippen LogP contribution in [0.3, 0.4) is 0 Å². The number of nitrogens with two attached hydrogens (primary N) is 4. The Labute approximate surface area is 98.9 Å². The summed E-state index contributed by atoms with van der Waals surface area (Å²) in [5.41, 5.74) is 22.1. The maximum Gasteiger partial charge on any atom is 0.168 e. The Morgan fingerprint density at radius 1 is 0.882 bits per heavy atom. The van der Waals surface area contributed by atoms with Crippen LogP contribution < -0.4 is 22.9 Å². The van der Waals surface area contributed by atoms with Crippen LogP contribution in [0.1, 0.15) is 0 Å². The van der Waals surface area contributed by atoms with Crippen LogP contribution in [0.4, 0.5) is 23.0 Å². The Hall–Kier alpha value is -2.63. The van der Waals surface area contributed by atoms with Gasteiger partial charge in [-0.2, -0.15) is 0 Å². The molecule has 0 bridgehead atoms. The van der Waals surface area contributed by atoms with Crippen molar-refractivity contribution in [3.05, 3.63) is 36.4 Å². The first-order chi connectivity index (χ1) is 8.00. The molecule has 1 heterocycles. The van der Waals surface area contributed by atoms with E-state index in [-0.39, 0.29) is 23.1 Å². The largest absolute Gasteiger partial charge is 0.504 e. The number of anilines is 4. The highest BCUT2D eigenvalue weighted by molar-refractivity contribution is 5.65. The van der Waals surface area contributed by atoms with E-state index in [1.807, 2.05) is 30.3 Å². The molecule has 0 saturated carbocycles. The monoisotopic (exact) mass is 233 g/mol. The first kappa shape index (κ1) is 12.4. The number of pyridine rings is 1. The molecule has 6 heteroatoms. The molecule has 0 aliphatic heterocycles. The van der Waals surface area contributed by atoms with Crippen LogP contribution >= 0.6 is 0 Å². The number of nitrogen functional groups attached to an aromatic ring is 4. The van der Waals surface area contributed by atoms with Crippen molar-refractivity contribution in [1.82, 2.24) is 4.98 Å². The summed E-state index contributed by atoms with van der Waals surface area (Å²) < 4.78 is 0. The normalized spacial score (nSPS) is 9.18. The first-order valence-electron chi connectivity index (χ1n) is 4.81. The summed E-state index contributed by atoms with van der Waals surface area (Å²) in [5, 5.41) is 8.90. The smallest absolute Gasteiger partial charge is 0.168 e. The highest BCUT2D eigenvalue weighted by Gasteiger charge is 2.01. The van der Waals surface area contributed by atoms with Gasteiger partial charge in [-0.3, -0.25) is 0 Å². The van der Waals surface area contributed by atoms with Gasteiger partial charge in [0, 0.05) is 11.8 Å². The molecule has 2 rings (SSSR count). The zero-order valence-electron chi connectivity index (χ0n) is 9.17. The van der Waals surface area contributed by atoms with E-state index in [0.717, 1.165) is 5.69 Å². The number of para-hydroxylation sites is 1. The molecule has 0 spiro atoms. The summed E-state index contributed by atoms with van der Waals surface area (Å²) in [6.45, 7) is 0. The molecule has 6 nitrogen and oxygen atoms in total. The topological polar surface area (TPSA) is 137 Å². The number of nitrogens with zero attached hydrogens (tertiary/aromatic N) is 1. The molecule has 0 aliphatic carbocycles. The fourth-order valence-corrected chi connectivity index (χ4v) is 1.000. The quantitative estimate of drug-likeness (QED) is 0.427. The minimum Gasteiger partial charge on any atom is -0.504 e. The summed E-state index contributed by atoms with van der Waals surface area (Å²) >= 11 is 0. The van der Waals surface area contributed by atoms with Gasteiger partial charge in [-0.05, 0) is 12.1 Å². The number of hydrogen-bond acceptors (Lipinski definition) is 6. The molecule has 9 N–H and O–H groups in total. The van der Waals surface area contributed by atoms with Crippen molar-refractivity contribution in [2.75, 3.05) is 22.9 Å². The fourth-order valence-electron chi connectivity index (χ4n) is 1.000. The van der Waals surface area contributed by atoms with E-state index >= 15 is 0 Å². The van der Waals surface area contributed by atoms with E-state index in [1.165, 1.54) is 6.07 Å². The molecule has 0 unspecified atom stereocenters. The lowest BCUT2D eigenvalue weighted by atomic mass is 10.3. The van der Waals surface area contributed by atoms with Crippen molar-refractivity contribution < 1.29 is 5.11 Å². The zero-order valence-corrected chi connectivity index (χ0v) is 9.17. The Balaban J connectivity index is 0.000000181. The van der Waals surface area contributed by atoms with Crippen molar-refractivity contribution in [2.24, 2.45) is 0 Å². The maximum atomic E-state index is 8.90. The standard InChI is InChI=1S/C6H7N.C5H8N4O/c7-6-4-2-1-3-5-6;6-2-1-3(10)5(8)9-4(2)7/h1-5H,7H2;1,10H,6H2,(H4,7,8,9). The van der Waals surface area contributed by atoms with Crippen molar-refractivity contribution in [3.63, 3.8) is 0 Å². The lowest BCUT2D eigenvalue weighted by molar-refractivity contribution is 0.476. The number of rotatable bonds is 0. The molecule has 1 aromatic heterocycles. The number of benzene rings is 1. The van der Waals surface area contributed by atoms with Crippen molar-refractivity contribution >= 4 is 23.0 Å². The Kier molecular flexibility index (Phi) is 3.99. The Morgan fingerprint density at radius 3 is 1.88 bits per heavy atom. The minimum atomic E-state index is -0.147. The van der Waals surface area contributed by atoms with Crippen LogP contribution in [-0.4, -0.2) is 10.1 Å². The second-order valence-electron chi connectivity index (χ2n) is 3.28. The predicted octanol–water partition coefficient (Wildman–Crippen LogP) is 0.803. The SMILES string of the molecule is Nc1cc(O)c(N)nc1N.Nc1ccccc1. The third-order valence-corrected chi connectivity index (χ3v) is 1.89. The van der Waals surface area contributed by atoms with Gasteiger partial charge < -0.3 is 28.0 Å². The predicted molar refractivity (Wildman–Crippen MR) is 70.0 cm³/mol. The molecule has 0 fully saturated rings. The van der Waals surface area contributed by atoms with Crippen LogP contribution in [0.5, 0.6) is 5.75 Å². The Morgan fingerprint density at radius 2 is 1.47 bits per heavy atom. The summed E-state index contributed by atoms with van der Waals surface area (Å²) in [4.78, 5) is 3.55. The highest BCUT2D eigenvalue weighted by atomic mass is 16.3. The fraction of sp³-hybridized carbons (Fsp3) is 0. The number of hydrogen-bond donors (Lipinski definition) is 5. The van der Waals surface area contributed by atoms with Crippen LogP contribution in [0.25, 0.3) is 0 Å². The molecule has 0 aliphatic rings. The van der Waals surface area contributed by atoms with Crippen molar-refractivity contribution in [2.45, 2.75) is 0 Å². The lowest BCUT2D eigenvalue weighted by Gasteiger charge is -2.01. The number of aromatic hydroxyl groups is 1.